The van der Waals surface area contributed by atoms with Crippen molar-refractivity contribution in [2.24, 2.45) is 0 Å². The number of carboxylic acid groups (broad SMARTS) is 2. The summed E-state index contributed by atoms with van der Waals surface area (Å²) in [7, 11) is 0. The normalized spacial score (nSPS) is 5.40. The summed E-state index contributed by atoms with van der Waals surface area (Å²) < 4.78 is 0. The number of carbonyl (C=O) groups excluding carboxylic acids is 1. The summed E-state index contributed by atoms with van der Waals surface area (Å²) in [5.41, 5.74) is 0. The van der Waals surface area contributed by atoms with Gasteiger partial charge in [-0.25, -0.2) is 0 Å². The van der Waals surface area contributed by atoms with Crippen LogP contribution in [0.15, 0.2) is 0 Å². The zero-order valence-electron chi connectivity index (χ0n) is 6.03. The monoisotopic (exact) mass is 168 g/mol. The van der Waals surface area contributed by atoms with Crippen molar-refractivity contribution in [2.45, 2.75) is 0 Å². The molecule has 0 aliphatic carbocycles. The minimum atomic E-state index is -2.33. The molecule has 0 rings (SSSR count). The van der Waals surface area contributed by atoms with E-state index in [1.807, 2.05) is 0 Å². The molecule has 0 saturated carbocycles. The van der Waals surface area contributed by atoms with Crippen molar-refractivity contribution in [1.82, 2.24) is 0 Å². The molecule has 0 amide bonds. The fourth-order valence-electron chi connectivity index (χ4n) is 0. The summed E-state index contributed by atoms with van der Waals surface area (Å²) in [6, 6.07) is 0. The van der Waals surface area contributed by atoms with Crippen molar-refractivity contribution in [3.63, 3.8) is 0 Å². The Morgan fingerprint density at radius 2 is 1.20 bits per heavy atom. The Morgan fingerprint density at radius 3 is 1.20 bits per heavy atom. The van der Waals surface area contributed by atoms with Crippen LogP contribution in [-0.4, -0.2) is 29.6 Å². The van der Waals surface area contributed by atoms with E-state index in [1.54, 1.807) is 0 Å². The molecule has 0 aromatic heterocycles. The summed E-state index contributed by atoms with van der Waals surface area (Å²) in [5, 5.41) is 31.9. The molecular formula is C3H6Na2O5. The zero-order valence-corrected chi connectivity index (χ0v) is 10.0. The molecule has 2 N–H and O–H groups in total. The van der Waals surface area contributed by atoms with Gasteiger partial charge in [0.15, 0.2) is 0 Å². The fraction of sp³-hybridized carbons (Fsp3) is 0.667. The van der Waals surface area contributed by atoms with Gasteiger partial charge in [-0.2, -0.15) is 0 Å². The van der Waals surface area contributed by atoms with Crippen molar-refractivity contribution in [3.05, 3.63) is 0 Å². The first-order valence-electron chi connectivity index (χ1n) is 1.74. The number of hydrogen-bond acceptors (Lipinski definition) is 5. The standard InChI is InChI=1S/C2H6O2.CH2O3.2Na/c3-1-2-4;2-1(3)4;;/h3-4H,1-2H2;(H2,2,3,4);;/q;;2*+1/p-2. The van der Waals surface area contributed by atoms with Gasteiger partial charge in [0, 0.05) is 0 Å². The molecule has 0 fully saturated rings. The Bertz CT molecular complexity index is 52.9. The van der Waals surface area contributed by atoms with Crippen LogP contribution in [-0.2, 0) is 0 Å². The van der Waals surface area contributed by atoms with Gasteiger partial charge in [-0.3, -0.25) is 0 Å². The first-order valence-corrected chi connectivity index (χ1v) is 1.74. The van der Waals surface area contributed by atoms with Crippen LogP contribution in [0.4, 0.5) is 4.79 Å². The molecule has 0 heterocycles. The maximum atomic E-state index is 8.33. The van der Waals surface area contributed by atoms with Gasteiger partial charge in [0.25, 0.3) is 0 Å². The van der Waals surface area contributed by atoms with Gasteiger partial charge < -0.3 is 25.2 Å². The molecule has 0 spiro atoms. The van der Waals surface area contributed by atoms with E-state index in [2.05, 4.69) is 0 Å². The summed E-state index contributed by atoms with van der Waals surface area (Å²) in [6.45, 7) is -0.250. The fourth-order valence-corrected chi connectivity index (χ4v) is 0. The molecule has 0 atom stereocenters. The minimum Gasteiger partial charge on any atom is -0.652 e. The number of aliphatic hydroxyl groups is 2. The van der Waals surface area contributed by atoms with Gasteiger partial charge in [-0.15, -0.1) is 0 Å². The number of aliphatic hydroxyl groups excluding tert-OH is 2. The summed E-state index contributed by atoms with van der Waals surface area (Å²) in [4.78, 5) is 8.33. The Balaban J connectivity index is -0.0000000300. The second kappa shape index (κ2) is 22.5. The molecule has 10 heavy (non-hydrogen) atoms. The number of rotatable bonds is 1. The Morgan fingerprint density at radius 1 is 1.10 bits per heavy atom. The molecule has 0 aliphatic rings. The second-order valence-corrected chi connectivity index (χ2v) is 0.697. The molecule has 0 aromatic rings. The van der Waals surface area contributed by atoms with Crippen LogP contribution >= 0.6 is 0 Å². The quantitative estimate of drug-likeness (QED) is 0.378. The van der Waals surface area contributed by atoms with Crippen molar-refractivity contribution in [1.29, 1.82) is 0 Å². The van der Waals surface area contributed by atoms with Crippen molar-refractivity contribution in [2.75, 3.05) is 13.2 Å². The van der Waals surface area contributed by atoms with Crippen LogP contribution < -0.4 is 69.3 Å². The average Bonchev–Trinajstić information content (AvgIpc) is 1.65. The van der Waals surface area contributed by atoms with E-state index < -0.39 is 6.16 Å². The van der Waals surface area contributed by atoms with Crippen molar-refractivity contribution < 1.29 is 84.3 Å². The van der Waals surface area contributed by atoms with Gasteiger partial charge in [0.2, 0.25) is 0 Å². The molecule has 50 valence electrons. The molecule has 0 saturated heterocycles. The Labute approximate surface area is 103 Å². The molecule has 7 heteroatoms. The van der Waals surface area contributed by atoms with Crippen LogP contribution in [0.3, 0.4) is 0 Å². The van der Waals surface area contributed by atoms with Gasteiger partial charge in [0.05, 0.1) is 13.2 Å². The predicted octanol–water partition coefficient (Wildman–Crippen LogP) is -9.47. The molecule has 0 aromatic carbocycles. The number of carbonyl (C=O) groups is 1. The van der Waals surface area contributed by atoms with Crippen LogP contribution in [0.2, 0.25) is 0 Å². The second-order valence-electron chi connectivity index (χ2n) is 0.697. The van der Waals surface area contributed by atoms with E-state index in [0.717, 1.165) is 0 Å². The third-order valence-corrected chi connectivity index (χ3v) is 0.1000. The SMILES string of the molecule is O=C([O-])[O-].OCCO.[Na+].[Na+]. The topological polar surface area (TPSA) is 104 Å². The Kier molecular flexibility index (Phi) is 50.5. The minimum absolute atomic E-state index is 0. The van der Waals surface area contributed by atoms with E-state index in [-0.39, 0.29) is 72.3 Å². The molecule has 5 nitrogen and oxygen atoms in total. The van der Waals surface area contributed by atoms with Crippen LogP contribution in [0.1, 0.15) is 0 Å². The molecule has 0 unspecified atom stereocenters. The maximum Gasteiger partial charge on any atom is 1.00 e. The van der Waals surface area contributed by atoms with Crippen LogP contribution in [0.25, 0.3) is 0 Å². The van der Waals surface area contributed by atoms with Crippen LogP contribution in [0.5, 0.6) is 0 Å². The van der Waals surface area contributed by atoms with Crippen molar-refractivity contribution in [3.8, 4) is 0 Å². The van der Waals surface area contributed by atoms with E-state index in [4.69, 9.17) is 25.2 Å². The largest absolute Gasteiger partial charge is 1.00 e. The summed E-state index contributed by atoms with van der Waals surface area (Å²) in [6.07, 6.45) is -2.33. The van der Waals surface area contributed by atoms with Gasteiger partial charge in [-0.05, 0) is 6.16 Å². The molecule has 0 bridgehead atoms. The van der Waals surface area contributed by atoms with E-state index in [1.165, 1.54) is 0 Å². The average molecular weight is 168 g/mol. The summed E-state index contributed by atoms with van der Waals surface area (Å²) in [5.74, 6) is 0. The first-order chi connectivity index (χ1) is 3.65. The maximum absolute atomic E-state index is 8.33. The van der Waals surface area contributed by atoms with Crippen LogP contribution in [0, 0.1) is 0 Å². The van der Waals surface area contributed by atoms with E-state index in [0.29, 0.717) is 0 Å². The molecular weight excluding hydrogens is 162 g/mol. The smallest absolute Gasteiger partial charge is 0.652 e. The van der Waals surface area contributed by atoms with E-state index >= 15 is 0 Å². The van der Waals surface area contributed by atoms with E-state index in [9.17, 15) is 0 Å². The zero-order chi connectivity index (χ0) is 6.99. The molecule has 0 aliphatic heterocycles. The first kappa shape index (κ1) is 22.5. The van der Waals surface area contributed by atoms with Crippen molar-refractivity contribution >= 4 is 6.16 Å². The van der Waals surface area contributed by atoms with Gasteiger partial charge in [0.1, 0.15) is 0 Å². The predicted molar refractivity (Wildman–Crippen MR) is 19.6 cm³/mol. The van der Waals surface area contributed by atoms with Gasteiger partial charge in [-0.1, -0.05) is 0 Å². The third-order valence-electron chi connectivity index (χ3n) is 0.1000. The summed E-state index contributed by atoms with van der Waals surface area (Å²) >= 11 is 0. The Hall–Kier alpha value is 1.19. The third kappa shape index (κ3) is 129. The van der Waals surface area contributed by atoms with Gasteiger partial charge >= 0.3 is 59.1 Å². The molecule has 0 radical (unpaired) electrons. The number of hydrogen-bond donors (Lipinski definition) is 2.